The number of H-pyrrole nitrogens is 1. The van der Waals surface area contributed by atoms with E-state index in [9.17, 15) is 14.4 Å². The Morgan fingerprint density at radius 2 is 1.40 bits per heavy atom. The summed E-state index contributed by atoms with van der Waals surface area (Å²) >= 11 is 0. The topological polar surface area (TPSA) is 114 Å². The van der Waals surface area contributed by atoms with Crippen molar-refractivity contribution >= 4 is 61.3 Å². The van der Waals surface area contributed by atoms with Gasteiger partial charge in [-0.15, -0.1) is 0 Å². The Labute approximate surface area is 272 Å². The van der Waals surface area contributed by atoms with E-state index in [0.29, 0.717) is 42.9 Å². The van der Waals surface area contributed by atoms with Crippen LogP contribution >= 0.6 is 0 Å². The highest BCUT2D eigenvalue weighted by Crippen LogP contribution is 2.31. The largest absolute Gasteiger partial charge is 0.353 e. The molecule has 0 aliphatic carbocycles. The van der Waals surface area contributed by atoms with Gasteiger partial charge in [0.25, 0.3) is 17.7 Å². The van der Waals surface area contributed by atoms with Gasteiger partial charge in [-0.05, 0) is 63.3 Å². The van der Waals surface area contributed by atoms with Gasteiger partial charge in [0.15, 0.2) is 0 Å². The van der Waals surface area contributed by atoms with Crippen molar-refractivity contribution in [1.82, 2.24) is 35.5 Å². The first-order chi connectivity index (χ1) is 22.9. The lowest BCUT2D eigenvalue weighted by Gasteiger charge is -2.28. The molecule has 0 bridgehead atoms. The Morgan fingerprint density at radius 1 is 0.766 bits per heavy atom. The van der Waals surface area contributed by atoms with Gasteiger partial charge in [0.1, 0.15) is 0 Å². The zero-order valence-corrected chi connectivity index (χ0v) is 26.5. The molecule has 0 saturated carbocycles. The predicted molar refractivity (Wildman–Crippen MR) is 186 cm³/mol. The third-order valence-corrected chi connectivity index (χ3v) is 8.96. The first-order valence-corrected chi connectivity index (χ1v) is 16.0. The number of benzene rings is 4. The molecule has 47 heavy (non-hydrogen) atoms. The normalized spacial score (nSPS) is 13.2. The molecule has 0 atom stereocenters. The molecule has 7 rings (SSSR count). The highest BCUT2D eigenvalue weighted by Gasteiger charge is 2.32. The summed E-state index contributed by atoms with van der Waals surface area (Å²) in [4.78, 5) is 52.4. The SMILES string of the molecule is CN(CCCN(C)CCNN1C(=O)c2cccc3cccc(c23)C1=O)CCNC(=O)c1c2ccccc2nc2c1[nH]c1ccccc12. The van der Waals surface area contributed by atoms with Gasteiger partial charge in [-0.25, -0.2) is 15.4 Å². The Balaban J connectivity index is 0.878. The van der Waals surface area contributed by atoms with Gasteiger partial charge in [0.2, 0.25) is 0 Å². The van der Waals surface area contributed by atoms with E-state index in [1.54, 1.807) is 12.1 Å². The van der Waals surface area contributed by atoms with Gasteiger partial charge in [-0.3, -0.25) is 14.4 Å². The van der Waals surface area contributed by atoms with E-state index in [1.165, 1.54) is 0 Å². The number of nitrogens with one attached hydrogen (secondary N) is 3. The number of aromatic nitrogens is 2. The molecule has 0 unspecified atom stereocenters. The first-order valence-electron chi connectivity index (χ1n) is 16.0. The van der Waals surface area contributed by atoms with Crippen molar-refractivity contribution in [1.29, 1.82) is 0 Å². The van der Waals surface area contributed by atoms with E-state index in [2.05, 4.69) is 32.6 Å². The van der Waals surface area contributed by atoms with Crippen molar-refractivity contribution in [3.8, 4) is 0 Å². The maximum atomic E-state index is 13.6. The molecule has 3 amide bonds. The minimum atomic E-state index is -0.321. The number of hydrogen-bond acceptors (Lipinski definition) is 7. The number of likely N-dealkylation sites (N-methyl/N-ethyl adjacent to an activating group) is 2. The molecule has 0 radical (unpaired) electrons. The Bertz CT molecular complexity index is 2110. The summed E-state index contributed by atoms with van der Waals surface area (Å²) in [6, 6.07) is 26.8. The second-order valence-corrected chi connectivity index (χ2v) is 12.2. The summed E-state index contributed by atoms with van der Waals surface area (Å²) in [7, 11) is 4.08. The number of amides is 3. The number of fused-ring (bicyclic) bond motifs is 4. The van der Waals surface area contributed by atoms with Crippen LogP contribution in [0.4, 0.5) is 0 Å². The van der Waals surface area contributed by atoms with Gasteiger partial charge in [0.05, 0.1) is 33.2 Å². The summed E-state index contributed by atoms with van der Waals surface area (Å²) in [5.41, 5.74) is 8.06. The minimum Gasteiger partial charge on any atom is -0.353 e. The number of carbonyl (C=O) groups excluding carboxylic acids is 3. The van der Waals surface area contributed by atoms with Crippen molar-refractivity contribution in [2.75, 3.05) is 53.4 Å². The summed E-state index contributed by atoms with van der Waals surface area (Å²) < 4.78 is 0. The Morgan fingerprint density at radius 3 is 2.13 bits per heavy atom. The molecule has 0 fully saturated rings. The summed E-state index contributed by atoms with van der Waals surface area (Å²) in [6.07, 6.45) is 0.933. The Kier molecular flexibility index (Phi) is 8.38. The van der Waals surface area contributed by atoms with E-state index in [1.807, 2.05) is 79.8 Å². The first kappa shape index (κ1) is 30.5. The maximum Gasteiger partial charge on any atom is 0.275 e. The van der Waals surface area contributed by atoms with Crippen molar-refractivity contribution in [3.05, 3.63) is 102 Å². The van der Waals surface area contributed by atoms with Gasteiger partial charge in [-0.1, -0.05) is 60.7 Å². The third-order valence-electron chi connectivity index (χ3n) is 8.96. The number of pyridine rings is 1. The number of aromatic amines is 1. The quantitative estimate of drug-likeness (QED) is 0.167. The molecule has 6 aromatic rings. The van der Waals surface area contributed by atoms with Crippen LogP contribution in [-0.2, 0) is 0 Å². The minimum absolute atomic E-state index is 0.119. The van der Waals surface area contributed by atoms with Gasteiger partial charge < -0.3 is 20.1 Å². The molecule has 1 aliphatic rings. The zero-order valence-electron chi connectivity index (χ0n) is 26.5. The van der Waals surface area contributed by atoms with Crippen LogP contribution < -0.4 is 10.7 Å². The van der Waals surface area contributed by atoms with Crippen LogP contribution in [0.15, 0.2) is 84.9 Å². The summed E-state index contributed by atoms with van der Waals surface area (Å²) in [6.45, 7) is 4.07. The van der Waals surface area contributed by atoms with Crippen LogP contribution in [-0.4, -0.2) is 95.9 Å². The third kappa shape index (κ3) is 5.83. The van der Waals surface area contributed by atoms with Crippen molar-refractivity contribution in [2.45, 2.75) is 6.42 Å². The molecule has 3 heterocycles. The molecule has 238 valence electrons. The highest BCUT2D eigenvalue weighted by molar-refractivity contribution is 6.25. The molecule has 0 saturated heterocycles. The molecule has 10 heteroatoms. The number of carbonyl (C=O) groups is 3. The fraction of sp³-hybridized carbons (Fsp3) is 0.243. The van der Waals surface area contributed by atoms with Crippen LogP contribution in [0.1, 0.15) is 37.5 Å². The highest BCUT2D eigenvalue weighted by atomic mass is 16.2. The second kappa shape index (κ2) is 12.9. The average Bonchev–Trinajstić information content (AvgIpc) is 3.45. The molecular formula is C37H37N7O3. The predicted octanol–water partition coefficient (Wildman–Crippen LogP) is 4.81. The molecule has 4 aromatic carbocycles. The number of hydrazine groups is 1. The van der Waals surface area contributed by atoms with Gasteiger partial charge in [0, 0.05) is 47.9 Å². The smallest absolute Gasteiger partial charge is 0.275 e. The van der Waals surface area contributed by atoms with E-state index in [4.69, 9.17) is 4.98 Å². The molecule has 3 N–H and O–H groups in total. The van der Waals surface area contributed by atoms with E-state index in [0.717, 1.165) is 68.1 Å². The van der Waals surface area contributed by atoms with Crippen LogP contribution in [0.5, 0.6) is 0 Å². The fourth-order valence-electron chi connectivity index (χ4n) is 6.51. The van der Waals surface area contributed by atoms with Gasteiger partial charge >= 0.3 is 0 Å². The Hall–Kier alpha value is -5.16. The lowest BCUT2D eigenvalue weighted by atomic mass is 9.95. The fourth-order valence-corrected chi connectivity index (χ4v) is 6.51. The average molecular weight is 628 g/mol. The summed E-state index contributed by atoms with van der Waals surface area (Å²) in [5.74, 6) is -0.760. The van der Waals surface area contributed by atoms with Crippen LogP contribution in [0.25, 0.3) is 43.6 Å². The maximum absolute atomic E-state index is 13.6. The second-order valence-electron chi connectivity index (χ2n) is 12.2. The number of rotatable bonds is 12. The van der Waals surface area contributed by atoms with Crippen molar-refractivity contribution < 1.29 is 14.4 Å². The van der Waals surface area contributed by atoms with Crippen LogP contribution in [0, 0.1) is 0 Å². The number of para-hydroxylation sites is 2. The monoisotopic (exact) mass is 627 g/mol. The van der Waals surface area contributed by atoms with Crippen LogP contribution in [0.2, 0.25) is 0 Å². The van der Waals surface area contributed by atoms with E-state index < -0.39 is 0 Å². The van der Waals surface area contributed by atoms with Crippen molar-refractivity contribution in [2.24, 2.45) is 0 Å². The standard InChI is InChI=1S/C37H37N7O3/c1-42(20-9-21-43(2)23-19-39-44-36(46)27-14-7-10-24-11-8-15-28(31(24)27)37(44)47)22-18-38-35(45)32-25-12-3-5-16-29(25)40-33-26-13-4-6-17-30(26)41-34(32)33/h3-8,10-17,39,41H,9,18-23H2,1-2H3,(H,38,45). The molecular weight excluding hydrogens is 590 g/mol. The van der Waals surface area contributed by atoms with Crippen LogP contribution in [0.3, 0.4) is 0 Å². The molecule has 1 aliphatic heterocycles. The molecule has 0 spiro atoms. The lowest BCUT2D eigenvalue weighted by molar-refractivity contribution is 0.0514. The zero-order chi connectivity index (χ0) is 32.5. The number of nitrogens with zero attached hydrogens (tertiary/aromatic N) is 4. The van der Waals surface area contributed by atoms with E-state index >= 15 is 0 Å². The summed E-state index contributed by atoms with van der Waals surface area (Å²) in [5, 5.41) is 7.71. The number of imide groups is 1. The lowest BCUT2D eigenvalue weighted by Crippen LogP contribution is -2.51. The number of hydrogen-bond donors (Lipinski definition) is 3. The molecule has 2 aromatic heterocycles. The molecule has 10 nitrogen and oxygen atoms in total. The van der Waals surface area contributed by atoms with Gasteiger partial charge in [-0.2, -0.15) is 0 Å². The van der Waals surface area contributed by atoms with Crippen molar-refractivity contribution in [3.63, 3.8) is 0 Å². The van der Waals surface area contributed by atoms with E-state index in [-0.39, 0.29) is 17.7 Å².